The Bertz CT molecular complexity index is 700. The normalized spacial score (nSPS) is 14.3. The van der Waals surface area contributed by atoms with Crippen molar-refractivity contribution in [2.24, 2.45) is 0 Å². The number of benzene rings is 2. The van der Waals surface area contributed by atoms with Gasteiger partial charge >= 0.3 is 5.97 Å². The maximum absolute atomic E-state index is 11.1. The van der Waals surface area contributed by atoms with Crippen LogP contribution in [0.3, 0.4) is 0 Å². The van der Waals surface area contributed by atoms with E-state index in [9.17, 15) is 4.79 Å². The van der Waals surface area contributed by atoms with Crippen LogP contribution < -0.4 is 0 Å². The van der Waals surface area contributed by atoms with E-state index in [1.54, 1.807) is 30.4 Å². The average molecular weight is 367 g/mol. The van der Waals surface area contributed by atoms with E-state index in [2.05, 4.69) is 28.1 Å². The van der Waals surface area contributed by atoms with Gasteiger partial charge in [0.2, 0.25) is 0 Å². The van der Waals surface area contributed by atoms with Crippen molar-refractivity contribution >= 4 is 45.4 Å². The van der Waals surface area contributed by atoms with E-state index in [0.29, 0.717) is 0 Å². The summed E-state index contributed by atoms with van der Waals surface area (Å²) >= 11 is 6.92. The Morgan fingerprint density at radius 3 is 2.30 bits per heavy atom. The predicted molar refractivity (Wildman–Crippen MR) is 84.9 cm³/mol. The molecule has 1 aliphatic rings. The van der Waals surface area contributed by atoms with Crippen LogP contribution in [-0.4, -0.2) is 11.1 Å². The quantitative estimate of drug-likeness (QED) is 0.671. The summed E-state index contributed by atoms with van der Waals surface area (Å²) in [6.07, 6.45) is 0. The van der Waals surface area contributed by atoms with Gasteiger partial charge in [0.15, 0.2) is 0 Å². The molecule has 2 nitrogen and oxygen atoms in total. The lowest BCUT2D eigenvalue weighted by Crippen LogP contribution is -2.07. The highest BCUT2D eigenvalue weighted by atomic mass is 79.9. The Labute approximate surface area is 134 Å². The summed E-state index contributed by atoms with van der Waals surface area (Å²) in [5, 5.41) is 9.11. The number of fused-ring (bicyclic) bond motifs is 2. The number of halogens is 1. The number of aliphatic carboxylic acids is 1. The summed E-state index contributed by atoms with van der Waals surface area (Å²) in [7, 11) is 0. The SMILES string of the molecule is CC(C(=O)O)c1ccc2c(c1)Sc1ccc(Br)cc1S2. The molecule has 0 saturated heterocycles. The van der Waals surface area contributed by atoms with Crippen molar-refractivity contribution in [2.75, 3.05) is 0 Å². The topological polar surface area (TPSA) is 37.3 Å². The molecule has 2 aromatic carbocycles. The number of hydrogen-bond acceptors (Lipinski definition) is 3. The second-order valence-electron chi connectivity index (χ2n) is 4.56. The third-order valence-electron chi connectivity index (χ3n) is 3.18. The number of hydrogen-bond donors (Lipinski definition) is 1. The molecule has 20 heavy (non-hydrogen) atoms. The van der Waals surface area contributed by atoms with E-state index in [4.69, 9.17) is 5.11 Å². The molecule has 0 amide bonds. The lowest BCUT2D eigenvalue weighted by Gasteiger charge is -2.20. The summed E-state index contributed by atoms with van der Waals surface area (Å²) in [6.45, 7) is 1.72. The van der Waals surface area contributed by atoms with Crippen LogP contribution in [-0.2, 0) is 4.79 Å². The number of rotatable bonds is 2. The molecule has 1 aliphatic heterocycles. The second-order valence-corrected chi connectivity index (χ2v) is 7.64. The largest absolute Gasteiger partial charge is 0.481 e. The van der Waals surface area contributed by atoms with Gasteiger partial charge in [0.1, 0.15) is 0 Å². The van der Waals surface area contributed by atoms with E-state index >= 15 is 0 Å². The van der Waals surface area contributed by atoms with Crippen LogP contribution in [0, 0.1) is 0 Å². The van der Waals surface area contributed by atoms with Gasteiger partial charge in [-0.15, -0.1) is 0 Å². The zero-order valence-electron chi connectivity index (χ0n) is 10.6. The fraction of sp³-hybridized carbons (Fsp3) is 0.133. The van der Waals surface area contributed by atoms with Crippen molar-refractivity contribution in [3.63, 3.8) is 0 Å². The highest BCUT2D eigenvalue weighted by molar-refractivity contribution is 9.10. The molecule has 0 spiro atoms. The van der Waals surface area contributed by atoms with Crippen LogP contribution in [0.15, 0.2) is 60.5 Å². The van der Waals surface area contributed by atoms with Gasteiger partial charge in [0, 0.05) is 24.1 Å². The molecular weight excluding hydrogens is 356 g/mol. The van der Waals surface area contributed by atoms with Gasteiger partial charge in [-0.25, -0.2) is 0 Å². The molecule has 0 aromatic heterocycles. The van der Waals surface area contributed by atoms with E-state index in [-0.39, 0.29) is 0 Å². The smallest absolute Gasteiger partial charge is 0.310 e. The zero-order valence-corrected chi connectivity index (χ0v) is 13.8. The second kappa shape index (κ2) is 5.47. The molecule has 0 fully saturated rings. The molecule has 102 valence electrons. The number of carbonyl (C=O) groups is 1. The molecular formula is C15H11BrO2S2. The first kappa shape index (κ1) is 14.0. The molecule has 3 rings (SSSR count). The van der Waals surface area contributed by atoms with Crippen molar-refractivity contribution in [3.05, 3.63) is 46.4 Å². The molecule has 0 saturated carbocycles. The molecule has 1 N–H and O–H groups in total. The molecule has 1 unspecified atom stereocenters. The minimum Gasteiger partial charge on any atom is -0.481 e. The van der Waals surface area contributed by atoms with Gasteiger partial charge in [-0.1, -0.05) is 45.5 Å². The van der Waals surface area contributed by atoms with Gasteiger partial charge in [-0.2, -0.15) is 0 Å². The van der Waals surface area contributed by atoms with Crippen molar-refractivity contribution in [2.45, 2.75) is 32.4 Å². The van der Waals surface area contributed by atoms with Crippen molar-refractivity contribution in [3.8, 4) is 0 Å². The third kappa shape index (κ3) is 2.62. The van der Waals surface area contributed by atoms with Crippen LogP contribution in [0.5, 0.6) is 0 Å². The fourth-order valence-electron chi connectivity index (χ4n) is 1.98. The first-order chi connectivity index (χ1) is 9.54. The van der Waals surface area contributed by atoms with Crippen LogP contribution >= 0.6 is 39.5 Å². The van der Waals surface area contributed by atoms with Crippen LogP contribution in [0.4, 0.5) is 0 Å². The Kier molecular flexibility index (Phi) is 3.84. The highest BCUT2D eigenvalue weighted by Crippen LogP contribution is 2.49. The summed E-state index contributed by atoms with van der Waals surface area (Å²) < 4.78 is 1.07. The molecule has 1 atom stereocenters. The van der Waals surface area contributed by atoms with Gasteiger partial charge < -0.3 is 5.11 Å². The highest BCUT2D eigenvalue weighted by Gasteiger charge is 2.20. The van der Waals surface area contributed by atoms with E-state index in [1.807, 2.05) is 24.3 Å². The molecule has 2 aromatic rings. The Morgan fingerprint density at radius 2 is 1.65 bits per heavy atom. The van der Waals surface area contributed by atoms with Crippen LogP contribution in [0.1, 0.15) is 18.4 Å². The minimum absolute atomic E-state index is 0.475. The maximum Gasteiger partial charge on any atom is 0.310 e. The Hall–Kier alpha value is -0.910. The summed E-state index contributed by atoms with van der Waals surface area (Å²) in [6, 6.07) is 12.2. The van der Waals surface area contributed by atoms with E-state index in [1.165, 1.54) is 14.7 Å². The Morgan fingerprint density at radius 1 is 1.05 bits per heavy atom. The first-order valence-electron chi connectivity index (χ1n) is 6.06. The number of carboxylic acids is 1. The molecule has 5 heteroatoms. The lowest BCUT2D eigenvalue weighted by molar-refractivity contribution is -0.138. The van der Waals surface area contributed by atoms with Crippen LogP contribution in [0.2, 0.25) is 0 Å². The third-order valence-corrected chi connectivity index (χ3v) is 6.20. The number of carboxylic acid groups (broad SMARTS) is 1. The summed E-state index contributed by atoms with van der Waals surface area (Å²) in [5.41, 5.74) is 0.852. The minimum atomic E-state index is -0.789. The average Bonchev–Trinajstić information content (AvgIpc) is 2.43. The summed E-state index contributed by atoms with van der Waals surface area (Å²) in [5.74, 6) is -1.26. The maximum atomic E-state index is 11.1. The molecule has 1 heterocycles. The fourth-order valence-corrected chi connectivity index (χ4v) is 4.78. The van der Waals surface area contributed by atoms with Gasteiger partial charge in [0.25, 0.3) is 0 Å². The lowest BCUT2D eigenvalue weighted by atomic mass is 10.0. The van der Waals surface area contributed by atoms with E-state index < -0.39 is 11.9 Å². The van der Waals surface area contributed by atoms with Crippen LogP contribution in [0.25, 0.3) is 0 Å². The van der Waals surface area contributed by atoms with Gasteiger partial charge in [-0.3, -0.25) is 4.79 Å². The molecule has 0 bridgehead atoms. The van der Waals surface area contributed by atoms with Crippen molar-refractivity contribution < 1.29 is 9.90 Å². The standard InChI is InChI=1S/C15H11BrO2S2/c1-8(15(17)18)9-2-4-11-13(6-9)19-12-5-3-10(16)7-14(12)20-11/h2-8H,1H3,(H,17,18). The van der Waals surface area contributed by atoms with E-state index in [0.717, 1.165) is 14.9 Å². The molecule has 0 radical (unpaired) electrons. The molecule has 0 aliphatic carbocycles. The van der Waals surface area contributed by atoms with Crippen molar-refractivity contribution in [1.29, 1.82) is 0 Å². The zero-order chi connectivity index (χ0) is 14.3. The van der Waals surface area contributed by atoms with Gasteiger partial charge in [-0.05, 0) is 42.8 Å². The monoisotopic (exact) mass is 366 g/mol. The Balaban J connectivity index is 1.98. The van der Waals surface area contributed by atoms with Crippen molar-refractivity contribution in [1.82, 2.24) is 0 Å². The van der Waals surface area contributed by atoms with Gasteiger partial charge in [0.05, 0.1) is 5.92 Å². The first-order valence-corrected chi connectivity index (χ1v) is 8.49. The predicted octanol–water partition coefficient (Wildman–Crippen LogP) is 5.25. The summed E-state index contributed by atoms with van der Waals surface area (Å²) in [4.78, 5) is 15.8.